The Balaban J connectivity index is 1.56. The first-order chi connectivity index (χ1) is 12.3. The molecule has 130 valence electrons. The second kappa shape index (κ2) is 6.89. The molecule has 25 heavy (non-hydrogen) atoms. The lowest BCUT2D eigenvalue weighted by Crippen LogP contribution is -2.34. The van der Waals surface area contributed by atoms with Crippen LogP contribution in [0.25, 0.3) is 5.52 Å². The molecule has 1 fully saturated rings. The molecule has 3 heterocycles. The second-order valence-electron chi connectivity index (χ2n) is 6.89. The summed E-state index contributed by atoms with van der Waals surface area (Å²) in [4.78, 5) is 7.44. The molecule has 4 nitrogen and oxygen atoms in total. The minimum Gasteiger partial charge on any atom is -0.496 e. The van der Waals surface area contributed by atoms with E-state index < -0.39 is 0 Å². The number of aryl methyl sites for hydroxylation is 1. The Morgan fingerprint density at radius 2 is 2.00 bits per heavy atom. The zero-order valence-electron chi connectivity index (χ0n) is 15.0. The first-order valence-electron chi connectivity index (χ1n) is 9.04. The summed E-state index contributed by atoms with van der Waals surface area (Å²) in [6, 6.07) is 14.7. The number of imidazole rings is 1. The van der Waals surface area contributed by atoms with Gasteiger partial charge in [0.1, 0.15) is 11.6 Å². The Labute approximate surface area is 149 Å². The summed E-state index contributed by atoms with van der Waals surface area (Å²) in [7, 11) is 1.75. The van der Waals surface area contributed by atoms with Gasteiger partial charge < -0.3 is 9.14 Å². The van der Waals surface area contributed by atoms with Crippen LogP contribution in [-0.2, 0) is 6.54 Å². The molecule has 2 aromatic heterocycles. The lowest BCUT2D eigenvalue weighted by Gasteiger charge is -2.32. The number of piperidine rings is 1. The van der Waals surface area contributed by atoms with Crippen LogP contribution in [0.3, 0.4) is 0 Å². The molecule has 1 aliphatic heterocycles. The average molecular weight is 335 g/mol. The molecule has 0 saturated carbocycles. The maximum Gasteiger partial charge on any atom is 0.123 e. The van der Waals surface area contributed by atoms with Crippen molar-refractivity contribution >= 4 is 5.52 Å². The zero-order chi connectivity index (χ0) is 17.2. The highest BCUT2D eigenvalue weighted by molar-refractivity contribution is 5.54. The van der Waals surface area contributed by atoms with E-state index in [2.05, 4.69) is 52.8 Å². The van der Waals surface area contributed by atoms with Crippen molar-refractivity contribution in [3.05, 3.63) is 65.7 Å². The third kappa shape index (κ3) is 3.14. The van der Waals surface area contributed by atoms with Gasteiger partial charge in [-0.25, -0.2) is 4.98 Å². The highest BCUT2D eigenvalue weighted by Gasteiger charge is 2.25. The molecule has 0 aliphatic carbocycles. The molecule has 0 radical (unpaired) electrons. The number of rotatable bonds is 4. The fourth-order valence-electron chi connectivity index (χ4n) is 4.02. The topological polar surface area (TPSA) is 29.8 Å². The van der Waals surface area contributed by atoms with Crippen molar-refractivity contribution in [1.29, 1.82) is 0 Å². The molecule has 1 aromatic carbocycles. The van der Waals surface area contributed by atoms with Crippen LogP contribution < -0.4 is 4.74 Å². The van der Waals surface area contributed by atoms with Crippen molar-refractivity contribution in [3.8, 4) is 5.75 Å². The van der Waals surface area contributed by atoms with Crippen molar-refractivity contribution in [2.45, 2.75) is 32.2 Å². The lowest BCUT2D eigenvalue weighted by molar-refractivity contribution is 0.197. The van der Waals surface area contributed by atoms with Gasteiger partial charge in [0.05, 0.1) is 18.3 Å². The van der Waals surface area contributed by atoms with Crippen molar-refractivity contribution in [1.82, 2.24) is 14.3 Å². The van der Waals surface area contributed by atoms with Crippen LogP contribution in [-0.4, -0.2) is 34.5 Å². The minimum absolute atomic E-state index is 0.495. The van der Waals surface area contributed by atoms with Crippen molar-refractivity contribution in [2.24, 2.45) is 0 Å². The van der Waals surface area contributed by atoms with E-state index in [-0.39, 0.29) is 0 Å². The Bertz CT molecular complexity index is 870. The van der Waals surface area contributed by atoms with Crippen LogP contribution >= 0.6 is 0 Å². The summed E-state index contributed by atoms with van der Waals surface area (Å²) >= 11 is 0. The quantitative estimate of drug-likeness (QED) is 0.721. The summed E-state index contributed by atoms with van der Waals surface area (Å²) < 4.78 is 7.72. The first-order valence-corrected chi connectivity index (χ1v) is 9.04. The number of aromatic nitrogens is 2. The molecule has 0 bridgehead atoms. The summed E-state index contributed by atoms with van der Waals surface area (Å²) in [5, 5.41) is 0. The van der Waals surface area contributed by atoms with Crippen molar-refractivity contribution < 1.29 is 4.74 Å². The molecule has 1 saturated heterocycles. The largest absolute Gasteiger partial charge is 0.496 e. The fraction of sp³-hybridized carbons (Fsp3) is 0.381. The molecule has 4 heteroatoms. The van der Waals surface area contributed by atoms with Crippen LogP contribution in [0.4, 0.5) is 0 Å². The average Bonchev–Trinajstić information content (AvgIpc) is 3.00. The molecule has 3 aromatic rings. The number of hydrogen-bond donors (Lipinski definition) is 0. The molecule has 1 aliphatic rings. The number of para-hydroxylation sites is 1. The summed E-state index contributed by atoms with van der Waals surface area (Å²) in [5.74, 6) is 2.55. The van der Waals surface area contributed by atoms with E-state index in [1.807, 2.05) is 12.1 Å². The van der Waals surface area contributed by atoms with Crippen LogP contribution in [0.1, 0.15) is 35.8 Å². The Morgan fingerprint density at radius 1 is 1.16 bits per heavy atom. The van der Waals surface area contributed by atoms with Gasteiger partial charge >= 0.3 is 0 Å². The summed E-state index contributed by atoms with van der Waals surface area (Å²) in [5.41, 5.74) is 3.77. The highest BCUT2D eigenvalue weighted by atomic mass is 16.5. The molecule has 0 spiro atoms. The summed E-state index contributed by atoms with van der Waals surface area (Å²) in [6.07, 6.45) is 4.53. The number of methoxy groups -OCH3 is 1. The van der Waals surface area contributed by atoms with Crippen LogP contribution in [0.5, 0.6) is 5.75 Å². The maximum absolute atomic E-state index is 5.52. The second-order valence-corrected chi connectivity index (χ2v) is 6.89. The smallest absolute Gasteiger partial charge is 0.123 e. The van der Waals surface area contributed by atoms with E-state index in [1.54, 1.807) is 7.11 Å². The molecule has 1 atom stereocenters. The van der Waals surface area contributed by atoms with Crippen LogP contribution in [0.2, 0.25) is 0 Å². The van der Waals surface area contributed by atoms with Gasteiger partial charge in [0.25, 0.3) is 0 Å². The number of likely N-dealkylation sites (tertiary alicyclic amines) is 1. The predicted octanol–water partition coefficient (Wildman–Crippen LogP) is 4.03. The number of ether oxygens (including phenoxy) is 1. The van der Waals surface area contributed by atoms with E-state index in [9.17, 15) is 0 Å². The van der Waals surface area contributed by atoms with E-state index >= 15 is 0 Å². The van der Waals surface area contributed by atoms with Gasteiger partial charge in [-0.3, -0.25) is 4.90 Å². The molecule has 0 N–H and O–H groups in total. The molecule has 4 rings (SSSR count). The van der Waals surface area contributed by atoms with Gasteiger partial charge in [0, 0.05) is 30.8 Å². The van der Waals surface area contributed by atoms with Gasteiger partial charge in [-0.2, -0.15) is 0 Å². The van der Waals surface area contributed by atoms with E-state index in [4.69, 9.17) is 9.72 Å². The summed E-state index contributed by atoms with van der Waals surface area (Å²) in [6.45, 7) is 5.22. The van der Waals surface area contributed by atoms with Gasteiger partial charge in [0.15, 0.2) is 0 Å². The number of fused-ring (bicyclic) bond motifs is 1. The molecule has 0 amide bonds. The number of benzene rings is 1. The molecular weight excluding hydrogens is 310 g/mol. The lowest BCUT2D eigenvalue weighted by atomic mass is 9.93. The van der Waals surface area contributed by atoms with Crippen molar-refractivity contribution in [2.75, 3.05) is 20.2 Å². The monoisotopic (exact) mass is 335 g/mol. The van der Waals surface area contributed by atoms with Crippen LogP contribution in [0.15, 0.2) is 48.7 Å². The van der Waals surface area contributed by atoms with Crippen molar-refractivity contribution in [3.63, 3.8) is 0 Å². The van der Waals surface area contributed by atoms with Gasteiger partial charge in [-0.05, 0) is 44.5 Å². The number of nitrogens with zero attached hydrogens (tertiary/aromatic N) is 3. The Morgan fingerprint density at radius 3 is 2.88 bits per heavy atom. The SMILES string of the molecule is COc1ccccc1CN1CCC[C@@H](c2nc(C)n3ccccc23)C1. The standard InChI is InChI=1S/C21H25N3O/c1-16-22-21(19-10-5-6-13-24(16)19)18-9-7-12-23(15-18)14-17-8-3-4-11-20(17)25-2/h3-6,8,10-11,13,18H,7,9,12,14-15H2,1-2H3/t18-/m1/s1. The number of hydrogen-bond acceptors (Lipinski definition) is 3. The van der Waals surface area contributed by atoms with E-state index in [0.717, 1.165) is 31.2 Å². The molecular formula is C21H25N3O. The van der Waals surface area contributed by atoms with E-state index in [1.165, 1.54) is 29.6 Å². The van der Waals surface area contributed by atoms with Gasteiger partial charge in [-0.15, -0.1) is 0 Å². The Hall–Kier alpha value is -2.33. The van der Waals surface area contributed by atoms with Crippen LogP contribution in [0, 0.1) is 6.92 Å². The normalized spacial score (nSPS) is 18.6. The number of pyridine rings is 1. The first kappa shape index (κ1) is 16.2. The van der Waals surface area contributed by atoms with Gasteiger partial charge in [-0.1, -0.05) is 24.3 Å². The fourth-order valence-corrected chi connectivity index (χ4v) is 4.02. The van der Waals surface area contributed by atoms with Gasteiger partial charge in [0.2, 0.25) is 0 Å². The maximum atomic E-state index is 5.52. The minimum atomic E-state index is 0.495. The highest BCUT2D eigenvalue weighted by Crippen LogP contribution is 2.31. The third-order valence-electron chi connectivity index (χ3n) is 5.23. The Kier molecular flexibility index (Phi) is 4.45. The third-order valence-corrected chi connectivity index (χ3v) is 5.23. The predicted molar refractivity (Wildman–Crippen MR) is 100 cm³/mol. The zero-order valence-corrected chi connectivity index (χ0v) is 15.0. The van der Waals surface area contributed by atoms with E-state index in [0.29, 0.717) is 5.92 Å². The molecule has 0 unspecified atom stereocenters.